The largest absolute Gasteiger partial charge is 0.457 e. The van der Waals surface area contributed by atoms with E-state index < -0.39 is 0 Å². The summed E-state index contributed by atoms with van der Waals surface area (Å²) in [5.74, 6) is 0. The van der Waals surface area contributed by atoms with Crippen LogP contribution in [0, 0.1) is 0 Å². The van der Waals surface area contributed by atoms with Gasteiger partial charge in [0, 0.05) is 24.0 Å². The maximum absolute atomic E-state index is 5.89. The minimum atomic E-state index is 0.936. The minimum absolute atomic E-state index is 0.936. The number of furan rings is 2. The van der Waals surface area contributed by atoms with Gasteiger partial charge in [-0.05, 0) is 23.3 Å². The smallest absolute Gasteiger partial charge is 0.134 e. The van der Waals surface area contributed by atoms with Crippen LogP contribution < -0.4 is 0 Å². The molecule has 0 radical (unpaired) electrons. The number of benzene rings is 3. The molecule has 0 atom stereocenters. The second-order valence-corrected chi connectivity index (χ2v) is 5.50. The monoisotopic (exact) mass is 272 g/mol. The van der Waals surface area contributed by atoms with E-state index in [0.717, 1.165) is 24.0 Å². The summed E-state index contributed by atoms with van der Waals surface area (Å²) >= 11 is 0. The first-order chi connectivity index (χ1) is 10.4. The molecule has 2 aromatic heterocycles. The lowest BCUT2D eigenvalue weighted by Crippen LogP contribution is -1.91. The van der Waals surface area contributed by atoms with Gasteiger partial charge in [0.25, 0.3) is 0 Å². The fraction of sp³-hybridized carbons (Fsp3) is 0.100. The number of hydrogen-bond donors (Lipinski definition) is 0. The maximum Gasteiger partial charge on any atom is 0.134 e. The van der Waals surface area contributed by atoms with E-state index in [1.165, 1.54) is 22.3 Å². The van der Waals surface area contributed by atoms with E-state index in [4.69, 9.17) is 4.42 Å². The van der Waals surface area contributed by atoms with E-state index in [9.17, 15) is 0 Å². The SMILES string of the molecule is c1ccc(Cc2cc3cc(Cc4ccccc4)c2o3)cc1. The number of rotatable bonds is 4. The summed E-state index contributed by atoms with van der Waals surface area (Å²) in [5, 5.41) is 0. The van der Waals surface area contributed by atoms with Crippen LogP contribution in [0.1, 0.15) is 22.3 Å². The van der Waals surface area contributed by atoms with Crippen molar-refractivity contribution in [2.24, 2.45) is 0 Å². The zero-order valence-corrected chi connectivity index (χ0v) is 11.8. The predicted octanol–water partition coefficient (Wildman–Crippen LogP) is 5.05. The molecule has 1 nitrogen and oxygen atoms in total. The molecule has 0 aliphatic carbocycles. The lowest BCUT2D eigenvalue weighted by atomic mass is 9.99. The normalized spacial score (nSPS) is 11.2. The third kappa shape index (κ3) is 2.43. The average Bonchev–Trinajstić information content (AvgIpc) is 3.09. The van der Waals surface area contributed by atoms with Gasteiger partial charge in [0.1, 0.15) is 11.2 Å². The van der Waals surface area contributed by atoms with Crippen molar-refractivity contribution < 1.29 is 4.42 Å². The Morgan fingerprint density at radius 1 is 0.619 bits per heavy atom. The van der Waals surface area contributed by atoms with Crippen LogP contribution in [0.15, 0.2) is 77.2 Å². The molecule has 0 saturated carbocycles. The highest BCUT2D eigenvalue weighted by Crippen LogP contribution is 2.30. The van der Waals surface area contributed by atoms with Crippen molar-refractivity contribution in [3.63, 3.8) is 0 Å². The van der Waals surface area contributed by atoms with Crippen LogP contribution in [0.5, 0.6) is 0 Å². The van der Waals surface area contributed by atoms with E-state index in [1.807, 2.05) is 0 Å². The highest BCUT2D eigenvalue weighted by molar-refractivity contribution is 5.72. The van der Waals surface area contributed by atoms with E-state index in [0.29, 0.717) is 0 Å². The Morgan fingerprint density at radius 2 is 1.10 bits per heavy atom. The fourth-order valence-electron chi connectivity index (χ4n) is 2.92. The van der Waals surface area contributed by atoms with Crippen LogP contribution in [0.3, 0.4) is 0 Å². The lowest BCUT2D eigenvalue weighted by molar-refractivity contribution is 0.670. The number of fused-ring (bicyclic) bond motifs is 2. The summed E-state index contributed by atoms with van der Waals surface area (Å²) in [5.41, 5.74) is 7.30. The molecule has 0 aliphatic heterocycles. The van der Waals surface area contributed by atoms with Crippen molar-refractivity contribution in [2.75, 3.05) is 0 Å². The van der Waals surface area contributed by atoms with Crippen molar-refractivity contribution in [2.45, 2.75) is 12.8 Å². The molecular formula is C20H16O. The maximum atomic E-state index is 5.89. The van der Waals surface area contributed by atoms with Gasteiger partial charge in [-0.1, -0.05) is 60.7 Å². The minimum Gasteiger partial charge on any atom is -0.457 e. The molecule has 0 saturated heterocycles. The molecule has 0 spiro atoms. The van der Waals surface area contributed by atoms with Gasteiger partial charge in [-0.15, -0.1) is 0 Å². The van der Waals surface area contributed by atoms with Crippen LogP contribution in [0.25, 0.3) is 11.2 Å². The molecule has 0 fully saturated rings. The van der Waals surface area contributed by atoms with Crippen LogP contribution in [0.4, 0.5) is 0 Å². The van der Waals surface area contributed by atoms with Crippen molar-refractivity contribution in [3.05, 3.63) is 95.1 Å². The van der Waals surface area contributed by atoms with Gasteiger partial charge in [0.15, 0.2) is 0 Å². The molecule has 2 bridgehead atoms. The molecule has 1 heteroatoms. The van der Waals surface area contributed by atoms with Gasteiger partial charge in [-0.2, -0.15) is 0 Å². The first kappa shape index (κ1) is 12.2. The second-order valence-electron chi connectivity index (χ2n) is 5.50. The Bertz CT molecular complexity index is 762. The highest BCUT2D eigenvalue weighted by Gasteiger charge is 2.14. The van der Waals surface area contributed by atoms with Gasteiger partial charge in [-0.25, -0.2) is 0 Å². The zero-order valence-electron chi connectivity index (χ0n) is 11.8. The first-order valence-electron chi connectivity index (χ1n) is 7.30. The molecule has 2 aromatic carbocycles. The van der Waals surface area contributed by atoms with Crippen molar-refractivity contribution in [3.8, 4) is 0 Å². The number of hydrogen-bond acceptors (Lipinski definition) is 1. The molecule has 0 amide bonds. The topological polar surface area (TPSA) is 13.1 Å². The molecular weight excluding hydrogens is 256 g/mol. The van der Waals surface area contributed by atoms with E-state index in [-0.39, 0.29) is 0 Å². The average molecular weight is 272 g/mol. The fourth-order valence-corrected chi connectivity index (χ4v) is 2.92. The second kappa shape index (κ2) is 5.10. The van der Waals surface area contributed by atoms with Crippen molar-refractivity contribution in [1.82, 2.24) is 0 Å². The summed E-state index contributed by atoms with van der Waals surface area (Å²) in [7, 11) is 0. The zero-order chi connectivity index (χ0) is 14.1. The molecule has 4 aromatic rings. The van der Waals surface area contributed by atoms with Crippen LogP contribution >= 0.6 is 0 Å². The molecule has 2 heterocycles. The summed E-state index contributed by atoms with van der Waals surface area (Å²) in [6, 6.07) is 25.4. The van der Waals surface area contributed by atoms with Crippen LogP contribution in [-0.2, 0) is 12.8 Å². The highest BCUT2D eigenvalue weighted by atomic mass is 16.3. The van der Waals surface area contributed by atoms with Gasteiger partial charge < -0.3 is 4.42 Å². The van der Waals surface area contributed by atoms with Gasteiger partial charge in [0.05, 0.1) is 0 Å². The van der Waals surface area contributed by atoms with E-state index in [1.54, 1.807) is 0 Å². The quantitative estimate of drug-likeness (QED) is 0.506. The Kier molecular flexibility index (Phi) is 2.97. The van der Waals surface area contributed by atoms with Crippen LogP contribution in [-0.4, -0.2) is 0 Å². The Hall–Kier alpha value is -2.54. The molecule has 0 aliphatic rings. The predicted molar refractivity (Wildman–Crippen MR) is 85.9 cm³/mol. The van der Waals surface area contributed by atoms with E-state index >= 15 is 0 Å². The third-order valence-electron chi connectivity index (χ3n) is 3.91. The third-order valence-corrected chi connectivity index (χ3v) is 3.91. The summed E-state index contributed by atoms with van der Waals surface area (Å²) in [6.07, 6.45) is 1.87. The van der Waals surface area contributed by atoms with Crippen LogP contribution in [0.2, 0.25) is 0 Å². The summed E-state index contributed by atoms with van der Waals surface area (Å²) in [4.78, 5) is 0. The standard InChI is InChI=1S/C20H16O/c1-3-7-15(8-4-1)11-17-13-19-14-18(20(17)21-19)12-16-9-5-2-6-10-16/h1-10,13-14H,11-12H2. The first-order valence-corrected chi connectivity index (χ1v) is 7.30. The molecule has 4 rings (SSSR count). The molecule has 21 heavy (non-hydrogen) atoms. The van der Waals surface area contributed by atoms with Crippen molar-refractivity contribution in [1.29, 1.82) is 0 Å². The van der Waals surface area contributed by atoms with Gasteiger partial charge >= 0.3 is 0 Å². The summed E-state index contributed by atoms with van der Waals surface area (Å²) < 4.78 is 5.89. The molecule has 102 valence electrons. The van der Waals surface area contributed by atoms with Gasteiger partial charge in [0.2, 0.25) is 0 Å². The van der Waals surface area contributed by atoms with Crippen molar-refractivity contribution >= 4 is 11.2 Å². The molecule has 0 unspecified atom stereocenters. The molecule has 0 N–H and O–H groups in total. The Labute approximate surface area is 124 Å². The Balaban J connectivity index is 1.64. The Morgan fingerprint density at radius 3 is 1.52 bits per heavy atom. The van der Waals surface area contributed by atoms with E-state index in [2.05, 4.69) is 72.8 Å². The summed E-state index contributed by atoms with van der Waals surface area (Å²) in [6.45, 7) is 0. The lowest BCUT2D eigenvalue weighted by Gasteiger charge is -2.03. The van der Waals surface area contributed by atoms with Gasteiger partial charge in [-0.3, -0.25) is 0 Å².